The average Bonchev–Trinajstić information content (AvgIpc) is 2.42. The van der Waals surface area contributed by atoms with Crippen molar-refractivity contribution in [2.24, 2.45) is 0 Å². The number of halogens is 2. The Morgan fingerprint density at radius 1 is 1.47 bits per heavy atom. The van der Waals surface area contributed by atoms with Crippen LogP contribution < -0.4 is 0 Å². The smallest absolute Gasteiger partial charge is 0.257 e. The molecule has 1 amide bonds. The van der Waals surface area contributed by atoms with Crippen molar-refractivity contribution in [3.63, 3.8) is 0 Å². The van der Waals surface area contributed by atoms with Gasteiger partial charge in [0.25, 0.3) is 5.91 Å². The topological polar surface area (TPSA) is 49.8 Å². The Morgan fingerprint density at radius 2 is 2.21 bits per heavy atom. The predicted octanol–water partition coefficient (Wildman–Crippen LogP) is 1.11. The molecular weight excluding hydrogens is 256 g/mol. The van der Waals surface area contributed by atoms with E-state index in [-0.39, 0.29) is 30.9 Å². The highest BCUT2D eigenvalue weighted by Crippen LogP contribution is 2.18. The van der Waals surface area contributed by atoms with Gasteiger partial charge in [0.2, 0.25) is 0 Å². The number of aliphatic hydroxyl groups is 1. The van der Waals surface area contributed by atoms with Crippen LogP contribution in [0.25, 0.3) is 0 Å². The van der Waals surface area contributed by atoms with E-state index in [1.165, 1.54) is 17.9 Å². The van der Waals surface area contributed by atoms with Crippen molar-refractivity contribution in [1.29, 1.82) is 0 Å². The van der Waals surface area contributed by atoms with Gasteiger partial charge in [0.05, 0.1) is 31.4 Å². The monoisotopic (exact) mass is 271 g/mol. The maximum absolute atomic E-state index is 13.7. The molecule has 1 unspecified atom stereocenters. The molecule has 2 rings (SSSR count). The van der Waals surface area contributed by atoms with Gasteiger partial charge in [0.1, 0.15) is 11.6 Å². The van der Waals surface area contributed by atoms with Gasteiger partial charge in [-0.15, -0.1) is 0 Å². The number of amides is 1. The lowest BCUT2D eigenvalue weighted by Crippen LogP contribution is -2.50. The number of hydrogen-bond acceptors (Lipinski definition) is 3. The summed E-state index contributed by atoms with van der Waals surface area (Å²) in [6, 6.07) is 1.40. The average molecular weight is 271 g/mol. The Bertz CT molecular complexity index is 493. The van der Waals surface area contributed by atoms with E-state index in [1.54, 1.807) is 0 Å². The Kier molecular flexibility index (Phi) is 4.11. The zero-order valence-corrected chi connectivity index (χ0v) is 10.5. The summed E-state index contributed by atoms with van der Waals surface area (Å²) >= 11 is 0. The second kappa shape index (κ2) is 5.63. The summed E-state index contributed by atoms with van der Waals surface area (Å²) in [5.41, 5.74) is 0.0257. The molecule has 104 valence electrons. The highest BCUT2D eigenvalue weighted by Gasteiger charge is 2.29. The SMILES string of the molecule is Cc1cc(C(=O)N2CCOCC2CO)c(F)cc1F. The minimum atomic E-state index is -0.892. The summed E-state index contributed by atoms with van der Waals surface area (Å²) in [7, 11) is 0. The van der Waals surface area contributed by atoms with Crippen molar-refractivity contribution in [2.75, 3.05) is 26.4 Å². The van der Waals surface area contributed by atoms with Crippen LogP contribution in [0.5, 0.6) is 0 Å². The molecule has 1 saturated heterocycles. The van der Waals surface area contributed by atoms with Crippen molar-refractivity contribution in [2.45, 2.75) is 13.0 Å². The lowest BCUT2D eigenvalue weighted by molar-refractivity contribution is -0.0186. The number of morpholine rings is 1. The first-order valence-corrected chi connectivity index (χ1v) is 5.99. The van der Waals surface area contributed by atoms with Gasteiger partial charge in [-0.1, -0.05) is 0 Å². The number of carbonyl (C=O) groups is 1. The first-order chi connectivity index (χ1) is 9.04. The first kappa shape index (κ1) is 13.9. The van der Waals surface area contributed by atoms with E-state index in [0.717, 1.165) is 0 Å². The minimum absolute atomic E-state index is 0.181. The van der Waals surface area contributed by atoms with E-state index in [4.69, 9.17) is 4.74 Å². The highest BCUT2D eigenvalue weighted by molar-refractivity contribution is 5.95. The van der Waals surface area contributed by atoms with Crippen LogP contribution in [0.15, 0.2) is 12.1 Å². The van der Waals surface area contributed by atoms with E-state index in [0.29, 0.717) is 12.7 Å². The van der Waals surface area contributed by atoms with Crippen LogP contribution in [0, 0.1) is 18.6 Å². The zero-order valence-electron chi connectivity index (χ0n) is 10.5. The largest absolute Gasteiger partial charge is 0.394 e. The molecule has 19 heavy (non-hydrogen) atoms. The molecule has 0 aliphatic carbocycles. The summed E-state index contributed by atoms with van der Waals surface area (Å²) < 4.78 is 32.0. The van der Waals surface area contributed by atoms with Crippen LogP contribution in [0.2, 0.25) is 0 Å². The summed E-state index contributed by atoms with van der Waals surface area (Å²) in [5, 5.41) is 9.20. The normalized spacial score (nSPS) is 19.6. The van der Waals surface area contributed by atoms with Crippen molar-refractivity contribution in [3.8, 4) is 0 Å². The van der Waals surface area contributed by atoms with Gasteiger partial charge in [-0.2, -0.15) is 0 Å². The van der Waals surface area contributed by atoms with Gasteiger partial charge < -0.3 is 14.7 Å². The molecule has 6 heteroatoms. The fourth-order valence-corrected chi connectivity index (χ4v) is 2.05. The lowest BCUT2D eigenvalue weighted by Gasteiger charge is -2.34. The number of hydrogen-bond donors (Lipinski definition) is 1. The Morgan fingerprint density at radius 3 is 2.89 bits per heavy atom. The maximum Gasteiger partial charge on any atom is 0.257 e. The standard InChI is InChI=1S/C13H15F2NO3/c1-8-4-10(12(15)5-11(8)14)13(18)16-2-3-19-7-9(16)6-17/h4-5,9,17H,2-3,6-7H2,1H3. The molecule has 1 atom stereocenters. The van der Waals surface area contributed by atoms with Gasteiger partial charge >= 0.3 is 0 Å². The number of carbonyl (C=O) groups excluding carboxylic acids is 1. The number of nitrogens with zero attached hydrogens (tertiary/aromatic N) is 1. The van der Waals surface area contributed by atoms with Gasteiger partial charge in [-0.25, -0.2) is 8.78 Å². The fraction of sp³-hybridized carbons (Fsp3) is 0.462. The minimum Gasteiger partial charge on any atom is -0.394 e. The first-order valence-electron chi connectivity index (χ1n) is 5.99. The summed E-state index contributed by atoms with van der Waals surface area (Å²) in [5.74, 6) is -2.13. The van der Waals surface area contributed by atoms with Crippen molar-refractivity contribution < 1.29 is 23.4 Å². The third-order valence-electron chi connectivity index (χ3n) is 3.18. The molecular formula is C13H15F2NO3. The summed E-state index contributed by atoms with van der Waals surface area (Å²) in [4.78, 5) is 13.6. The lowest BCUT2D eigenvalue weighted by atomic mass is 10.1. The van der Waals surface area contributed by atoms with Gasteiger partial charge in [0.15, 0.2) is 0 Å². The number of aliphatic hydroxyl groups excluding tert-OH is 1. The Hall–Kier alpha value is -1.53. The molecule has 1 heterocycles. The molecule has 0 spiro atoms. The van der Waals surface area contributed by atoms with Crippen molar-refractivity contribution in [3.05, 3.63) is 34.9 Å². The fourth-order valence-electron chi connectivity index (χ4n) is 2.05. The molecule has 0 saturated carbocycles. The van der Waals surface area contributed by atoms with Crippen LogP contribution in [-0.2, 0) is 4.74 Å². The van der Waals surface area contributed by atoms with E-state index in [2.05, 4.69) is 0 Å². The van der Waals surface area contributed by atoms with Crippen LogP contribution in [0.4, 0.5) is 8.78 Å². The Labute approximate surface area is 109 Å². The predicted molar refractivity (Wildman–Crippen MR) is 63.8 cm³/mol. The second-order valence-electron chi connectivity index (χ2n) is 4.49. The van der Waals surface area contributed by atoms with E-state index < -0.39 is 23.6 Å². The number of benzene rings is 1. The summed E-state index contributed by atoms with van der Waals surface area (Å²) in [6.45, 7) is 2.04. The van der Waals surface area contributed by atoms with Crippen molar-refractivity contribution >= 4 is 5.91 Å². The molecule has 0 aromatic heterocycles. The molecule has 1 aromatic rings. The number of ether oxygens (including phenoxy) is 1. The maximum atomic E-state index is 13.7. The molecule has 0 bridgehead atoms. The van der Waals surface area contributed by atoms with Crippen LogP contribution in [0.3, 0.4) is 0 Å². The van der Waals surface area contributed by atoms with Crippen LogP contribution in [-0.4, -0.2) is 48.3 Å². The van der Waals surface area contributed by atoms with E-state index in [1.807, 2.05) is 0 Å². The zero-order chi connectivity index (χ0) is 14.0. The highest BCUT2D eigenvalue weighted by atomic mass is 19.1. The van der Waals surface area contributed by atoms with Gasteiger partial charge in [0, 0.05) is 12.6 Å². The van der Waals surface area contributed by atoms with Gasteiger partial charge in [-0.05, 0) is 18.6 Å². The molecule has 1 N–H and O–H groups in total. The van der Waals surface area contributed by atoms with Crippen molar-refractivity contribution in [1.82, 2.24) is 4.90 Å². The molecule has 1 aliphatic rings. The number of aryl methyl sites for hydroxylation is 1. The molecule has 0 radical (unpaired) electrons. The number of rotatable bonds is 2. The third-order valence-corrected chi connectivity index (χ3v) is 3.18. The van der Waals surface area contributed by atoms with Crippen LogP contribution in [0.1, 0.15) is 15.9 Å². The van der Waals surface area contributed by atoms with Gasteiger partial charge in [-0.3, -0.25) is 4.79 Å². The molecule has 1 aromatic carbocycles. The van der Waals surface area contributed by atoms with E-state index in [9.17, 15) is 18.7 Å². The second-order valence-corrected chi connectivity index (χ2v) is 4.49. The third kappa shape index (κ3) is 2.74. The molecule has 4 nitrogen and oxygen atoms in total. The van der Waals surface area contributed by atoms with Crippen LogP contribution >= 0.6 is 0 Å². The Balaban J connectivity index is 2.30. The molecule has 1 aliphatic heterocycles. The summed E-state index contributed by atoms with van der Waals surface area (Å²) in [6.07, 6.45) is 0. The molecule has 1 fully saturated rings. The quantitative estimate of drug-likeness (QED) is 0.876. The van der Waals surface area contributed by atoms with E-state index >= 15 is 0 Å².